The zero-order valence-corrected chi connectivity index (χ0v) is 61.1. The molecule has 4 heteroatoms. The van der Waals surface area contributed by atoms with Crippen LogP contribution in [0.25, 0.3) is 105 Å². The minimum absolute atomic E-state index is 0.0340. The van der Waals surface area contributed by atoms with Crippen LogP contribution in [0.4, 0.5) is 17.1 Å². The van der Waals surface area contributed by atoms with E-state index in [-0.39, 0.29) is 10.8 Å². The SMILES string of the molecule is Cc1ccc(N(c2ccc(C)cc2)c2ccc(-n3c4ccc(C5(c6ccc7c(c6)c6ccccc6n7-c6ccc(C(C)(C)C)cc6)c6ccccc6-c6ccccc65)cc4c4cc(C5(c6ccc7c(c6)c6ccccc6n7-c6ccc(C(C)(C)C)cc6)c6ccccc6-c6ccccc65)ccc43)cc2)cc1. The number of hydrogen-bond donors (Lipinski definition) is 0. The molecule has 0 spiro atoms. The summed E-state index contributed by atoms with van der Waals surface area (Å²) in [6, 6.07) is 130. The average molecular weight is 1360 g/mol. The van der Waals surface area contributed by atoms with Crippen LogP contribution in [0.1, 0.15) is 108 Å². The van der Waals surface area contributed by atoms with Crippen LogP contribution >= 0.6 is 0 Å². The molecule has 15 aromatic carbocycles. The van der Waals surface area contributed by atoms with E-state index in [9.17, 15) is 0 Å². The molecule has 508 valence electrons. The highest BCUT2D eigenvalue weighted by Gasteiger charge is 2.49. The quantitative estimate of drug-likeness (QED) is 0.133. The molecule has 0 aliphatic heterocycles. The summed E-state index contributed by atoms with van der Waals surface area (Å²) in [5, 5.41) is 7.27. The van der Waals surface area contributed by atoms with Crippen molar-refractivity contribution >= 4 is 82.5 Å². The van der Waals surface area contributed by atoms with Gasteiger partial charge in [0, 0.05) is 66.4 Å². The van der Waals surface area contributed by atoms with E-state index in [0.717, 1.165) is 45.2 Å². The first-order valence-electron chi connectivity index (χ1n) is 37.5. The number of benzene rings is 15. The van der Waals surface area contributed by atoms with Crippen LogP contribution in [0.3, 0.4) is 0 Å². The number of aryl methyl sites for hydroxylation is 2. The molecule has 0 N–H and O–H groups in total. The number of rotatable bonds is 10. The van der Waals surface area contributed by atoms with Gasteiger partial charge < -0.3 is 18.6 Å². The van der Waals surface area contributed by atoms with E-state index < -0.39 is 10.8 Å². The van der Waals surface area contributed by atoms with Gasteiger partial charge in [0.15, 0.2) is 0 Å². The molecule has 0 unspecified atom stereocenters. The van der Waals surface area contributed by atoms with Crippen LogP contribution in [0.5, 0.6) is 0 Å². The lowest BCUT2D eigenvalue weighted by Gasteiger charge is -2.34. The van der Waals surface area contributed by atoms with E-state index in [0.29, 0.717) is 0 Å². The number of para-hydroxylation sites is 2. The fourth-order valence-corrected chi connectivity index (χ4v) is 18.6. The first kappa shape index (κ1) is 63.2. The predicted molar refractivity (Wildman–Crippen MR) is 446 cm³/mol. The van der Waals surface area contributed by atoms with E-state index in [2.05, 4.69) is 414 Å². The van der Waals surface area contributed by atoms with E-state index in [1.165, 1.54) is 143 Å². The van der Waals surface area contributed by atoms with Gasteiger partial charge in [0.05, 0.1) is 43.9 Å². The van der Waals surface area contributed by atoms with Crippen LogP contribution in [0.15, 0.2) is 340 Å². The Hall–Kier alpha value is -12.5. The third kappa shape index (κ3) is 9.32. The summed E-state index contributed by atoms with van der Waals surface area (Å²) in [6.45, 7) is 18.1. The van der Waals surface area contributed by atoms with Crippen molar-refractivity contribution in [1.82, 2.24) is 13.7 Å². The molecular weight excluding hydrogens is 1280 g/mol. The van der Waals surface area contributed by atoms with Crippen molar-refractivity contribution in [3.05, 3.63) is 406 Å². The molecule has 18 aromatic rings. The van der Waals surface area contributed by atoms with Gasteiger partial charge >= 0.3 is 0 Å². The van der Waals surface area contributed by atoms with Gasteiger partial charge in [-0.1, -0.05) is 259 Å². The average Bonchev–Trinajstić information content (AvgIpc) is 1.52. The van der Waals surface area contributed by atoms with Gasteiger partial charge in [-0.2, -0.15) is 0 Å². The van der Waals surface area contributed by atoms with Crippen molar-refractivity contribution < 1.29 is 0 Å². The van der Waals surface area contributed by atoms with Crippen molar-refractivity contribution in [2.24, 2.45) is 0 Å². The van der Waals surface area contributed by atoms with Gasteiger partial charge in [-0.3, -0.25) is 0 Å². The molecule has 0 saturated carbocycles. The number of fused-ring (bicyclic) bond motifs is 15. The molecule has 0 radical (unpaired) electrons. The normalized spacial score (nSPS) is 13.6. The van der Waals surface area contributed by atoms with E-state index in [1.807, 2.05) is 0 Å². The number of anilines is 3. The highest BCUT2D eigenvalue weighted by Crippen LogP contribution is 2.60. The predicted octanol–water partition coefficient (Wildman–Crippen LogP) is 26.4. The molecule has 3 heterocycles. The molecule has 20 rings (SSSR count). The van der Waals surface area contributed by atoms with E-state index in [1.54, 1.807) is 0 Å². The van der Waals surface area contributed by atoms with Crippen molar-refractivity contribution in [2.45, 2.75) is 77.0 Å². The minimum atomic E-state index is -0.732. The molecule has 106 heavy (non-hydrogen) atoms. The number of nitrogens with zero attached hydrogens (tertiary/aromatic N) is 4. The lowest BCUT2D eigenvalue weighted by Crippen LogP contribution is -2.28. The zero-order valence-electron chi connectivity index (χ0n) is 61.1. The van der Waals surface area contributed by atoms with Gasteiger partial charge in [-0.25, -0.2) is 0 Å². The Labute approximate surface area is 620 Å². The lowest BCUT2D eigenvalue weighted by molar-refractivity contribution is 0.590. The first-order valence-corrected chi connectivity index (χ1v) is 37.5. The Morgan fingerprint density at radius 3 is 0.783 bits per heavy atom. The standard InChI is InChI=1S/C102H80N4/c1-65-33-45-73(46-34-65)103(74-47-35-66(2)36-48-74)75-53-55-78(56-54-75)106-97-59-43-71(101(89-27-15-9-21-79(89)80-22-10-16-28-90(80)101)69-41-57-95-85(61-69)83-25-13-19-31-93(83)104(95)76-49-37-67(38-50-76)99(3,4)5)63-87(97)88-64-72(44-60-98(88)106)102(91-29-17-11-23-81(91)82-24-12-18-30-92(82)102)70-42-58-96-86(62-70)84-26-14-20-32-94(84)105(96)77-51-39-68(40-52-77)100(6,7)8/h9-64H,1-8H3. The molecule has 2 aliphatic carbocycles. The van der Waals surface area contributed by atoms with Crippen LogP contribution < -0.4 is 4.90 Å². The van der Waals surface area contributed by atoms with Crippen molar-refractivity contribution in [1.29, 1.82) is 0 Å². The van der Waals surface area contributed by atoms with E-state index in [4.69, 9.17) is 0 Å². The van der Waals surface area contributed by atoms with Crippen LogP contribution in [-0.4, -0.2) is 13.7 Å². The summed E-state index contributed by atoms with van der Waals surface area (Å²) in [7, 11) is 0. The second kappa shape index (κ2) is 23.5. The molecule has 0 saturated heterocycles. The maximum Gasteiger partial charge on any atom is 0.0714 e. The number of hydrogen-bond acceptors (Lipinski definition) is 1. The smallest absolute Gasteiger partial charge is 0.0714 e. The molecular formula is C102H80N4. The van der Waals surface area contributed by atoms with Gasteiger partial charge in [0.2, 0.25) is 0 Å². The zero-order chi connectivity index (χ0) is 71.5. The topological polar surface area (TPSA) is 18.0 Å². The minimum Gasteiger partial charge on any atom is -0.311 e. The molecule has 0 bridgehead atoms. The fraction of sp³-hybridized carbons (Fsp3) is 0.118. The molecule has 3 aromatic heterocycles. The summed E-state index contributed by atoms with van der Waals surface area (Å²) in [6.07, 6.45) is 0. The van der Waals surface area contributed by atoms with Crippen LogP contribution in [0.2, 0.25) is 0 Å². The molecule has 0 atom stereocenters. The Morgan fingerprint density at radius 2 is 0.481 bits per heavy atom. The summed E-state index contributed by atoms with van der Waals surface area (Å²) in [5.74, 6) is 0. The molecule has 4 nitrogen and oxygen atoms in total. The van der Waals surface area contributed by atoms with Gasteiger partial charge in [0.25, 0.3) is 0 Å². The highest BCUT2D eigenvalue weighted by atomic mass is 15.1. The Kier molecular flexibility index (Phi) is 14.0. The second-order valence-electron chi connectivity index (χ2n) is 31.8. The molecule has 2 aliphatic rings. The van der Waals surface area contributed by atoms with Crippen molar-refractivity contribution in [3.63, 3.8) is 0 Å². The Morgan fingerprint density at radius 1 is 0.236 bits per heavy atom. The Bertz CT molecular complexity index is 6110. The summed E-state index contributed by atoms with van der Waals surface area (Å²) in [5.41, 5.74) is 32.4. The monoisotopic (exact) mass is 1360 g/mol. The van der Waals surface area contributed by atoms with Gasteiger partial charge in [-0.15, -0.1) is 0 Å². The van der Waals surface area contributed by atoms with Gasteiger partial charge in [0.1, 0.15) is 0 Å². The first-order chi connectivity index (χ1) is 51.6. The van der Waals surface area contributed by atoms with E-state index >= 15 is 0 Å². The second-order valence-corrected chi connectivity index (χ2v) is 31.8. The fourth-order valence-electron chi connectivity index (χ4n) is 18.6. The molecule has 0 fully saturated rings. The van der Waals surface area contributed by atoms with Crippen molar-refractivity contribution in [2.75, 3.05) is 4.90 Å². The highest BCUT2D eigenvalue weighted by molar-refractivity contribution is 6.13. The van der Waals surface area contributed by atoms with Crippen LogP contribution in [-0.2, 0) is 21.7 Å². The maximum atomic E-state index is 2.59. The summed E-state index contributed by atoms with van der Waals surface area (Å²) < 4.78 is 7.46. The number of aromatic nitrogens is 3. The lowest BCUT2D eigenvalue weighted by atomic mass is 9.67. The Balaban J connectivity index is 0.852. The largest absolute Gasteiger partial charge is 0.311 e. The third-order valence-electron chi connectivity index (χ3n) is 23.7. The third-order valence-corrected chi connectivity index (χ3v) is 23.7. The summed E-state index contributed by atoms with van der Waals surface area (Å²) in [4.78, 5) is 2.37. The summed E-state index contributed by atoms with van der Waals surface area (Å²) >= 11 is 0. The maximum absolute atomic E-state index is 2.59. The van der Waals surface area contributed by atoms with Crippen LogP contribution in [0, 0.1) is 13.8 Å². The van der Waals surface area contributed by atoms with Crippen molar-refractivity contribution in [3.8, 4) is 39.3 Å². The van der Waals surface area contributed by atoms with Gasteiger partial charge in [-0.05, 0) is 236 Å². The molecule has 0 amide bonds.